The van der Waals surface area contributed by atoms with E-state index >= 15 is 0 Å². The van der Waals surface area contributed by atoms with E-state index in [0.717, 1.165) is 11.8 Å². The number of aliphatic hydroxyl groups is 1. The number of carbonyl (C=O) groups excluding carboxylic acids is 2. The maximum atomic E-state index is 13.0. The smallest absolute Gasteiger partial charge is 0.242 e. The highest BCUT2D eigenvalue weighted by molar-refractivity contribution is 8.00. The number of ether oxygens (including phenoxy) is 1. The van der Waals surface area contributed by atoms with Crippen LogP contribution in [0.4, 0.5) is 5.82 Å². The number of aromatic nitrogens is 1. The molecule has 1 unspecified atom stereocenters. The van der Waals surface area contributed by atoms with E-state index < -0.39 is 17.3 Å². The first-order valence-corrected chi connectivity index (χ1v) is 12.3. The Kier molecular flexibility index (Phi) is 9.25. The Balaban J connectivity index is 1.99. The molecule has 0 saturated carbocycles. The number of hydrogen-bond acceptors (Lipinski definition) is 9. The fourth-order valence-electron chi connectivity index (χ4n) is 4.01. The van der Waals surface area contributed by atoms with Gasteiger partial charge in [0.15, 0.2) is 0 Å². The number of nitriles is 2. The number of anilines is 1. The van der Waals surface area contributed by atoms with Crippen LogP contribution in [0.25, 0.3) is 0 Å². The van der Waals surface area contributed by atoms with Crippen LogP contribution in [0.1, 0.15) is 34.4 Å². The Bertz CT molecular complexity index is 1190. The molecule has 1 aliphatic rings. The fourth-order valence-corrected chi connectivity index (χ4v) is 5.07. The molecule has 188 valence electrons. The van der Waals surface area contributed by atoms with Gasteiger partial charge in [-0.2, -0.15) is 10.5 Å². The summed E-state index contributed by atoms with van der Waals surface area (Å²) in [5.41, 5.74) is 7.27. The van der Waals surface area contributed by atoms with Crippen LogP contribution in [0, 0.1) is 22.7 Å². The molecule has 36 heavy (non-hydrogen) atoms. The van der Waals surface area contributed by atoms with E-state index in [1.54, 1.807) is 41.1 Å². The largest absolute Gasteiger partial charge is 0.394 e. The SMILES string of the molecule is CCc1c(C#N)c(SC(C(N)=O)c2ccccc2)nc(N(C)CC(=O)N2CCO[C@H](CO)C2)c1C#N. The number of likely N-dealkylation sites (N-methyl/N-ethyl adjacent to an activating group) is 1. The van der Waals surface area contributed by atoms with Crippen molar-refractivity contribution >= 4 is 29.4 Å². The van der Waals surface area contributed by atoms with Gasteiger partial charge < -0.3 is 25.4 Å². The lowest BCUT2D eigenvalue weighted by Gasteiger charge is -2.33. The third-order valence-electron chi connectivity index (χ3n) is 5.84. The lowest BCUT2D eigenvalue weighted by atomic mass is 10.0. The van der Waals surface area contributed by atoms with Crippen molar-refractivity contribution in [1.29, 1.82) is 10.5 Å². The van der Waals surface area contributed by atoms with Crippen molar-refractivity contribution in [1.82, 2.24) is 9.88 Å². The third-order valence-corrected chi connectivity index (χ3v) is 7.10. The maximum Gasteiger partial charge on any atom is 0.242 e. The minimum absolute atomic E-state index is 0.0725. The summed E-state index contributed by atoms with van der Waals surface area (Å²) < 4.78 is 5.41. The molecule has 2 atom stereocenters. The van der Waals surface area contributed by atoms with Gasteiger partial charge in [-0.1, -0.05) is 49.0 Å². The van der Waals surface area contributed by atoms with E-state index in [9.17, 15) is 25.2 Å². The number of amides is 2. The molecule has 1 aliphatic heterocycles. The molecule has 3 N–H and O–H groups in total. The van der Waals surface area contributed by atoms with E-state index in [2.05, 4.69) is 17.1 Å². The van der Waals surface area contributed by atoms with Crippen LogP contribution in [0.5, 0.6) is 0 Å². The highest BCUT2D eigenvalue weighted by Gasteiger charge is 2.29. The van der Waals surface area contributed by atoms with Crippen molar-refractivity contribution in [3.05, 3.63) is 52.6 Å². The van der Waals surface area contributed by atoms with Gasteiger partial charge in [0.25, 0.3) is 0 Å². The normalized spacial score (nSPS) is 16.0. The molecule has 2 aromatic rings. The number of rotatable bonds is 9. The monoisotopic (exact) mass is 508 g/mol. The van der Waals surface area contributed by atoms with Crippen molar-refractivity contribution in [2.24, 2.45) is 5.73 Å². The van der Waals surface area contributed by atoms with E-state index in [1.165, 1.54) is 0 Å². The molecule has 0 spiro atoms. The van der Waals surface area contributed by atoms with Gasteiger partial charge in [-0.25, -0.2) is 4.98 Å². The van der Waals surface area contributed by atoms with Gasteiger partial charge in [0, 0.05) is 20.1 Å². The van der Waals surface area contributed by atoms with Gasteiger partial charge in [0.2, 0.25) is 11.8 Å². The van der Waals surface area contributed by atoms with Crippen LogP contribution in [-0.4, -0.2) is 72.8 Å². The summed E-state index contributed by atoms with van der Waals surface area (Å²) in [4.78, 5) is 33.1. The lowest BCUT2D eigenvalue weighted by molar-refractivity contribution is -0.138. The second-order valence-electron chi connectivity index (χ2n) is 8.23. The van der Waals surface area contributed by atoms with Crippen LogP contribution in [0.3, 0.4) is 0 Å². The Labute approximate surface area is 214 Å². The molecule has 1 saturated heterocycles. The Morgan fingerprint density at radius 2 is 2.00 bits per heavy atom. The molecular weight excluding hydrogens is 480 g/mol. The topological polar surface area (TPSA) is 157 Å². The molecular formula is C25H28N6O4S. The van der Waals surface area contributed by atoms with E-state index in [-0.39, 0.29) is 47.6 Å². The average molecular weight is 509 g/mol. The standard InChI is InChI=1S/C25H28N6O4S/c1-3-18-19(11-26)24(30(2)14-21(33)31-9-10-35-17(13-31)15-32)29-25(20(18)12-27)36-22(23(28)34)16-7-5-4-6-8-16/h4-8,17,22,32H,3,9-10,13-15H2,1-2H3,(H2,28,34)/t17-,22?/m0/s1. The summed E-state index contributed by atoms with van der Waals surface area (Å²) in [6.07, 6.45) is -0.0562. The van der Waals surface area contributed by atoms with E-state index in [0.29, 0.717) is 30.7 Å². The van der Waals surface area contributed by atoms with Crippen LogP contribution < -0.4 is 10.6 Å². The Hall–Kier alpha value is -3.64. The van der Waals surface area contributed by atoms with Crippen LogP contribution in [-0.2, 0) is 20.7 Å². The van der Waals surface area contributed by atoms with Gasteiger partial charge in [0.05, 0.1) is 37.0 Å². The molecule has 0 aliphatic carbocycles. The molecule has 1 aromatic heterocycles. The number of hydrogen-bond donors (Lipinski definition) is 2. The zero-order valence-corrected chi connectivity index (χ0v) is 21.0. The summed E-state index contributed by atoms with van der Waals surface area (Å²) in [5, 5.41) is 28.7. The minimum Gasteiger partial charge on any atom is -0.394 e. The summed E-state index contributed by atoms with van der Waals surface area (Å²) in [5.74, 6) is -0.552. The van der Waals surface area contributed by atoms with E-state index in [1.807, 2.05) is 13.0 Å². The molecule has 0 radical (unpaired) electrons. The number of nitrogens with two attached hydrogens (primary N) is 1. The number of morpholine rings is 1. The minimum atomic E-state index is -0.799. The quantitative estimate of drug-likeness (QED) is 0.477. The molecule has 10 nitrogen and oxygen atoms in total. The van der Waals surface area contributed by atoms with Crippen molar-refractivity contribution in [3.8, 4) is 12.1 Å². The molecule has 0 bridgehead atoms. The first-order chi connectivity index (χ1) is 17.3. The Morgan fingerprint density at radius 3 is 2.58 bits per heavy atom. The summed E-state index contributed by atoms with van der Waals surface area (Å²) >= 11 is 1.05. The van der Waals surface area contributed by atoms with Crippen molar-refractivity contribution in [3.63, 3.8) is 0 Å². The van der Waals surface area contributed by atoms with E-state index in [4.69, 9.17) is 10.5 Å². The summed E-state index contributed by atoms with van der Waals surface area (Å²) in [6.45, 7) is 2.57. The second-order valence-corrected chi connectivity index (χ2v) is 9.32. The zero-order valence-electron chi connectivity index (χ0n) is 20.2. The number of nitrogens with zero attached hydrogens (tertiary/aromatic N) is 5. The predicted octanol–water partition coefficient (Wildman–Crippen LogP) is 1.36. The summed E-state index contributed by atoms with van der Waals surface area (Å²) in [6, 6.07) is 13.2. The second kappa shape index (κ2) is 12.4. The number of thioether (sulfide) groups is 1. The van der Waals surface area contributed by atoms with Crippen LogP contribution in [0.15, 0.2) is 35.4 Å². The lowest BCUT2D eigenvalue weighted by Crippen LogP contribution is -2.49. The van der Waals surface area contributed by atoms with Gasteiger partial charge in [0.1, 0.15) is 28.2 Å². The van der Waals surface area contributed by atoms with Crippen molar-refractivity contribution in [2.75, 3.05) is 44.8 Å². The van der Waals surface area contributed by atoms with Crippen LogP contribution >= 0.6 is 11.8 Å². The molecule has 3 rings (SSSR count). The third kappa shape index (κ3) is 5.94. The number of pyridine rings is 1. The molecule has 1 aromatic carbocycles. The molecule has 1 fully saturated rings. The fraction of sp³-hybridized carbons (Fsp3) is 0.400. The number of primary amides is 1. The van der Waals surface area contributed by atoms with Gasteiger partial charge in [-0.3, -0.25) is 9.59 Å². The van der Waals surface area contributed by atoms with Crippen molar-refractivity contribution in [2.45, 2.75) is 29.7 Å². The first kappa shape index (κ1) is 27.0. The number of carbonyl (C=O) groups is 2. The Morgan fingerprint density at radius 1 is 1.31 bits per heavy atom. The predicted molar refractivity (Wildman–Crippen MR) is 134 cm³/mol. The number of aliphatic hydroxyl groups excluding tert-OH is 1. The van der Waals surface area contributed by atoms with Gasteiger partial charge in [-0.05, 0) is 17.5 Å². The molecule has 11 heteroatoms. The summed E-state index contributed by atoms with van der Waals surface area (Å²) in [7, 11) is 1.65. The molecule has 2 amide bonds. The highest BCUT2D eigenvalue weighted by Crippen LogP contribution is 2.39. The maximum absolute atomic E-state index is 13.0. The highest BCUT2D eigenvalue weighted by atomic mass is 32.2. The van der Waals surface area contributed by atoms with Crippen molar-refractivity contribution < 1.29 is 19.4 Å². The van der Waals surface area contributed by atoms with Gasteiger partial charge in [-0.15, -0.1) is 0 Å². The molecule has 2 heterocycles. The average Bonchev–Trinajstić information content (AvgIpc) is 2.90. The number of benzene rings is 1. The zero-order chi connectivity index (χ0) is 26.2. The van der Waals surface area contributed by atoms with Crippen LogP contribution in [0.2, 0.25) is 0 Å². The first-order valence-electron chi connectivity index (χ1n) is 11.4. The van der Waals surface area contributed by atoms with Gasteiger partial charge >= 0.3 is 0 Å².